The fourth-order valence-electron chi connectivity index (χ4n) is 3.79. The number of rotatable bonds is 8. The molecule has 0 amide bonds. The predicted octanol–water partition coefficient (Wildman–Crippen LogP) is 4.13. The number of hydrogen-bond donors (Lipinski definition) is 2. The van der Waals surface area contributed by atoms with Crippen LogP contribution in [-0.4, -0.2) is 44.7 Å². The van der Waals surface area contributed by atoms with Crippen LogP contribution in [0.25, 0.3) is 0 Å². The average Bonchev–Trinajstić information content (AvgIpc) is 3.25. The summed E-state index contributed by atoms with van der Waals surface area (Å²) in [6, 6.07) is 15.2. The Hall–Kier alpha value is -1.80. The lowest BCUT2D eigenvalue weighted by Crippen LogP contribution is -2.37. The van der Waals surface area contributed by atoms with E-state index >= 15 is 0 Å². The second-order valence-electron chi connectivity index (χ2n) is 7.72. The summed E-state index contributed by atoms with van der Waals surface area (Å²) in [5.41, 5.74) is 5.12. The normalized spacial score (nSPS) is 14.3. The SMILES string of the molecule is CN=C(NCCc1cc(C)ccc1OC)NCc1ccc(CN2CCCC2)cc1.I. The standard InChI is InChI=1S/C24H34N4O.HI/c1-19-6-11-23(29-3)22(16-19)12-13-26-24(25-2)27-17-20-7-9-21(10-8-20)18-28-14-4-5-15-28;/h6-11,16H,4-5,12-15,17-18H2,1-3H3,(H2,25,26,27);1H. The third-order valence-electron chi connectivity index (χ3n) is 5.43. The van der Waals surface area contributed by atoms with Crippen molar-refractivity contribution in [2.45, 2.75) is 39.3 Å². The van der Waals surface area contributed by atoms with Crippen molar-refractivity contribution >= 4 is 29.9 Å². The zero-order chi connectivity index (χ0) is 20.5. The molecule has 1 saturated heterocycles. The third-order valence-corrected chi connectivity index (χ3v) is 5.43. The lowest BCUT2D eigenvalue weighted by molar-refractivity contribution is 0.331. The molecule has 2 aromatic rings. The lowest BCUT2D eigenvalue weighted by atomic mass is 10.1. The molecule has 2 aromatic carbocycles. The number of benzene rings is 2. The Morgan fingerprint density at radius 1 is 1.03 bits per heavy atom. The molecule has 0 unspecified atom stereocenters. The van der Waals surface area contributed by atoms with Crippen LogP contribution < -0.4 is 15.4 Å². The van der Waals surface area contributed by atoms with Gasteiger partial charge in [0.25, 0.3) is 0 Å². The van der Waals surface area contributed by atoms with Crippen LogP contribution >= 0.6 is 24.0 Å². The smallest absolute Gasteiger partial charge is 0.191 e. The molecule has 0 bridgehead atoms. The minimum Gasteiger partial charge on any atom is -0.496 e. The highest BCUT2D eigenvalue weighted by Gasteiger charge is 2.11. The summed E-state index contributed by atoms with van der Waals surface area (Å²) in [6.45, 7) is 7.21. The second kappa shape index (κ2) is 12.8. The molecular formula is C24H35IN4O. The van der Waals surface area contributed by atoms with Crippen molar-refractivity contribution in [3.05, 3.63) is 64.7 Å². The Labute approximate surface area is 198 Å². The molecule has 1 heterocycles. The van der Waals surface area contributed by atoms with Crippen LogP contribution in [0.2, 0.25) is 0 Å². The summed E-state index contributed by atoms with van der Waals surface area (Å²) in [7, 11) is 3.53. The first-order chi connectivity index (χ1) is 14.2. The number of ether oxygens (including phenoxy) is 1. The summed E-state index contributed by atoms with van der Waals surface area (Å²) < 4.78 is 5.46. The lowest BCUT2D eigenvalue weighted by Gasteiger charge is -2.15. The van der Waals surface area contributed by atoms with Gasteiger partial charge in [0.1, 0.15) is 5.75 Å². The summed E-state index contributed by atoms with van der Waals surface area (Å²) >= 11 is 0. The fourth-order valence-corrected chi connectivity index (χ4v) is 3.79. The van der Waals surface area contributed by atoms with Crippen molar-refractivity contribution in [3.63, 3.8) is 0 Å². The van der Waals surface area contributed by atoms with E-state index in [2.05, 4.69) is 63.8 Å². The van der Waals surface area contributed by atoms with Crippen LogP contribution in [0, 0.1) is 6.92 Å². The van der Waals surface area contributed by atoms with Gasteiger partial charge in [-0.15, -0.1) is 24.0 Å². The molecule has 1 aliphatic rings. The van der Waals surface area contributed by atoms with Crippen molar-refractivity contribution in [2.24, 2.45) is 4.99 Å². The summed E-state index contributed by atoms with van der Waals surface area (Å²) in [5.74, 6) is 1.76. The van der Waals surface area contributed by atoms with Crippen LogP contribution in [0.15, 0.2) is 47.5 Å². The van der Waals surface area contributed by atoms with Crippen LogP contribution in [0.5, 0.6) is 5.75 Å². The average molecular weight is 522 g/mol. The fraction of sp³-hybridized carbons (Fsp3) is 0.458. The molecule has 3 rings (SSSR count). The number of aliphatic imine (C=N–C) groups is 1. The zero-order valence-corrected chi connectivity index (χ0v) is 20.7. The predicted molar refractivity (Wildman–Crippen MR) is 136 cm³/mol. The molecule has 0 radical (unpaired) electrons. The van der Waals surface area contributed by atoms with Crippen LogP contribution in [0.4, 0.5) is 0 Å². The molecule has 0 spiro atoms. The first kappa shape index (κ1) is 24.5. The second-order valence-corrected chi connectivity index (χ2v) is 7.72. The number of halogens is 1. The van der Waals surface area contributed by atoms with Gasteiger partial charge in [0.15, 0.2) is 5.96 Å². The quantitative estimate of drug-likeness (QED) is 0.311. The first-order valence-corrected chi connectivity index (χ1v) is 10.6. The number of nitrogens with zero attached hydrogens (tertiary/aromatic N) is 2. The van der Waals surface area contributed by atoms with E-state index in [1.807, 2.05) is 13.1 Å². The number of nitrogens with one attached hydrogen (secondary N) is 2. The number of methoxy groups -OCH3 is 1. The Bertz CT molecular complexity index is 801. The van der Waals surface area contributed by atoms with Gasteiger partial charge in [-0.2, -0.15) is 0 Å². The Balaban J connectivity index is 0.00000320. The topological polar surface area (TPSA) is 48.9 Å². The van der Waals surface area contributed by atoms with Gasteiger partial charge >= 0.3 is 0 Å². The van der Waals surface area contributed by atoms with Gasteiger partial charge in [0.2, 0.25) is 0 Å². The van der Waals surface area contributed by atoms with E-state index in [0.717, 1.165) is 37.8 Å². The molecule has 1 fully saturated rings. The van der Waals surface area contributed by atoms with Gasteiger partial charge in [0, 0.05) is 26.7 Å². The number of guanidine groups is 1. The summed E-state index contributed by atoms with van der Waals surface area (Å²) in [4.78, 5) is 6.87. The van der Waals surface area contributed by atoms with Gasteiger partial charge in [-0.05, 0) is 62.0 Å². The van der Waals surface area contributed by atoms with Gasteiger partial charge in [0.05, 0.1) is 7.11 Å². The molecule has 0 aliphatic carbocycles. The minimum absolute atomic E-state index is 0. The maximum Gasteiger partial charge on any atom is 0.191 e. The molecule has 2 N–H and O–H groups in total. The van der Waals surface area contributed by atoms with E-state index in [1.54, 1.807) is 7.11 Å². The molecule has 0 atom stereocenters. The number of likely N-dealkylation sites (tertiary alicyclic amines) is 1. The maximum absolute atomic E-state index is 5.46. The van der Waals surface area contributed by atoms with Crippen molar-refractivity contribution in [2.75, 3.05) is 33.8 Å². The van der Waals surface area contributed by atoms with Crippen molar-refractivity contribution < 1.29 is 4.74 Å². The van der Waals surface area contributed by atoms with Crippen LogP contribution in [-0.2, 0) is 19.5 Å². The number of hydrogen-bond acceptors (Lipinski definition) is 3. The Kier molecular flexibility index (Phi) is 10.4. The highest BCUT2D eigenvalue weighted by Crippen LogP contribution is 2.19. The summed E-state index contributed by atoms with van der Waals surface area (Å²) in [6.07, 6.45) is 3.56. The molecule has 6 heteroatoms. The molecular weight excluding hydrogens is 487 g/mol. The van der Waals surface area contributed by atoms with Gasteiger partial charge in [-0.1, -0.05) is 42.0 Å². The maximum atomic E-state index is 5.46. The van der Waals surface area contributed by atoms with E-state index < -0.39 is 0 Å². The highest BCUT2D eigenvalue weighted by atomic mass is 127. The van der Waals surface area contributed by atoms with Crippen molar-refractivity contribution in [1.29, 1.82) is 0 Å². The van der Waals surface area contributed by atoms with E-state index in [9.17, 15) is 0 Å². The largest absolute Gasteiger partial charge is 0.496 e. The van der Waals surface area contributed by atoms with E-state index in [0.29, 0.717) is 0 Å². The number of aryl methyl sites for hydroxylation is 1. The van der Waals surface area contributed by atoms with Crippen molar-refractivity contribution in [3.8, 4) is 5.75 Å². The highest BCUT2D eigenvalue weighted by molar-refractivity contribution is 14.0. The molecule has 0 aromatic heterocycles. The van der Waals surface area contributed by atoms with Gasteiger partial charge < -0.3 is 15.4 Å². The minimum atomic E-state index is 0. The Morgan fingerprint density at radius 3 is 2.40 bits per heavy atom. The molecule has 0 saturated carbocycles. The zero-order valence-electron chi connectivity index (χ0n) is 18.4. The third kappa shape index (κ3) is 7.47. The van der Waals surface area contributed by atoms with E-state index in [4.69, 9.17) is 4.74 Å². The Morgan fingerprint density at radius 2 is 1.73 bits per heavy atom. The van der Waals surface area contributed by atoms with Gasteiger partial charge in [-0.3, -0.25) is 9.89 Å². The molecule has 5 nitrogen and oxygen atoms in total. The molecule has 164 valence electrons. The molecule has 1 aliphatic heterocycles. The summed E-state index contributed by atoms with van der Waals surface area (Å²) in [5, 5.41) is 6.80. The van der Waals surface area contributed by atoms with E-state index in [-0.39, 0.29) is 24.0 Å². The monoisotopic (exact) mass is 522 g/mol. The first-order valence-electron chi connectivity index (χ1n) is 10.6. The molecule has 30 heavy (non-hydrogen) atoms. The van der Waals surface area contributed by atoms with Crippen LogP contribution in [0.3, 0.4) is 0 Å². The van der Waals surface area contributed by atoms with E-state index in [1.165, 1.54) is 48.2 Å². The van der Waals surface area contributed by atoms with Crippen molar-refractivity contribution in [1.82, 2.24) is 15.5 Å². The van der Waals surface area contributed by atoms with Crippen LogP contribution in [0.1, 0.15) is 35.1 Å². The van der Waals surface area contributed by atoms with Gasteiger partial charge in [-0.25, -0.2) is 0 Å².